The van der Waals surface area contributed by atoms with Crippen LogP contribution < -0.4 is 0 Å². The van der Waals surface area contributed by atoms with Crippen LogP contribution in [-0.2, 0) is 6.54 Å². The maximum atomic E-state index is 12.2. The van der Waals surface area contributed by atoms with E-state index in [-0.39, 0.29) is 5.91 Å². The van der Waals surface area contributed by atoms with Crippen molar-refractivity contribution in [2.75, 3.05) is 7.05 Å². The molecule has 1 amide bonds. The average Bonchev–Trinajstić information content (AvgIpc) is 2.73. The number of thiazole rings is 1. The standard InChI is InChI=1S/C14H16N2OS/c1-10-5-4-6-12(7-10)14(17)16(3)8-13-9-18-11(2)15-13/h4-7,9H,8H2,1-3H3. The second-order valence-corrected chi connectivity index (χ2v) is 5.45. The summed E-state index contributed by atoms with van der Waals surface area (Å²) < 4.78 is 0. The first kappa shape index (κ1) is 12.8. The van der Waals surface area contributed by atoms with Gasteiger partial charge in [0.05, 0.1) is 17.2 Å². The quantitative estimate of drug-likeness (QED) is 0.850. The molecule has 0 aliphatic heterocycles. The molecule has 4 heteroatoms. The van der Waals surface area contributed by atoms with E-state index < -0.39 is 0 Å². The van der Waals surface area contributed by atoms with E-state index in [2.05, 4.69) is 4.98 Å². The van der Waals surface area contributed by atoms with Crippen molar-refractivity contribution in [1.82, 2.24) is 9.88 Å². The highest BCUT2D eigenvalue weighted by atomic mass is 32.1. The third-order valence-electron chi connectivity index (χ3n) is 2.68. The molecular formula is C14H16N2OS. The molecule has 0 fully saturated rings. The van der Waals surface area contributed by atoms with Crippen LogP contribution in [0, 0.1) is 13.8 Å². The minimum Gasteiger partial charge on any atom is -0.336 e. The summed E-state index contributed by atoms with van der Waals surface area (Å²) in [6.45, 7) is 4.51. The summed E-state index contributed by atoms with van der Waals surface area (Å²) in [5.41, 5.74) is 2.77. The second kappa shape index (κ2) is 5.31. The summed E-state index contributed by atoms with van der Waals surface area (Å²) in [7, 11) is 1.80. The summed E-state index contributed by atoms with van der Waals surface area (Å²) in [4.78, 5) is 18.3. The van der Waals surface area contributed by atoms with Crippen molar-refractivity contribution in [3.05, 3.63) is 51.5 Å². The summed E-state index contributed by atoms with van der Waals surface area (Å²) in [6.07, 6.45) is 0. The number of nitrogens with zero attached hydrogens (tertiary/aromatic N) is 2. The molecule has 1 aromatic heterocycles. The largest absolute Gasteiger partial charge is 0.336 e. The number of carbonyl (C=O) groups excluding carboxylic acids is 1. The van der Waals surface area contributed by atoms with Crippen LogP contribution in [0.5, 0.6) is 0 Å². The van der Waals surface area contributed by atoms with Crippen molar-refractivity contribution in [3.8, 4) is 0 Å². The maximum absolute atomic E-state index is 12.2. The molecule has 0 atom stereocenters. The van der Waals surface area contributed by atoms with Crippen molar-refractivity contribution in [2.45, 2.75) is 20.4 Å². The fraction of sp³-hybridized carbons (Fsp3) is 0.286. The van der Waals surface area contributed by atoms with Crippen LogP contribution in [0.4, 0.5) is 0 Å². The molecular weight excluding hydrogens is 244 g/mol. The lowest BCUT2D eigenvalue weighted by Gasteiger charge is -2.16. The van der Waals surface area contributed by atoms with Crippen molar-refractivity contribution in [2.24, 2.45) is 0 Å². The molecule has 0 N–H and O–H groups in total. The molecule has 3 nitrogen and oxygen atoms in total. The van der Waals surface area contributed by atoms with E-state index in [0.29, 0.717) is 6.54 Å². The first-order chi connectivity index (χ1) is 8.56. The SMILES string of the molecule is Cc1cccc(C(=O)N(C)Cc2csc(C)n2)c1. The molecule has 94 valence electrons. The average molecular weight is 260 g/mol. The van der Waals surface area contributed by atoms with E-state index in [1.165, 1.54) is 0 Å². The lowest BCUT2D eigenvalue weighted by atomic mass is 10.1. The number of hydrogen-bond acceptors (Lipinski definition) is 3. The minimum atomic E-state index is 0.0318. The lowest BCUT2D eigenvalue weighted by Crippen LogP contribution is -2.26. The monoisotopic (exact) mass is 260 g/mol. The molecule has 18 heavy (non-hydrogen) atoms. The van der Waals surface area contributed by atoms with Gasteiger partial charge in [0.1, 0.15) is 0 Å². The van der Waals surface area contributed by atoms with Gasteiger partial charge in [-0.1, -0.05) is 17.7 Å². The molecule has 0 aliphatic rings. The van der Waals surface area contributed by atoms with Gasteiger partial charge in [0.15, 0.2) is 0 Å². The van der Waals surface area contributed by atoms with Crippen LogP contribution in [0.1, 0.15) is 26.6 Å². The van der Waals surface area contributed by atoms with Crippen LogP contribution >= 0.6 is 11.3 Å². The molecule has 0 radical (unpaired) electrons. The maximum Gasteiger partial charge on any atom is 0.253 e. The predicted molar refractivity (Wildman–Crippen MR) is 73.8 cm³/mol. The number of carbonyl (C=O) groups is 1. The van der Waals surface area contributed by atoms with Gasteiger partial charge in [-0.3, -0.25) is 4.79 Å². The molecule has 1 heterocycles. The first-order valence-corrected chi connectivity index (χ1v) is 6.67. The van der Waals surface area contributed by atoms with Gasteiger partial charge in [-0.05, 0) is 26.0 Å². The lowest BCUT2D eigenvalue weighted by molar-refractivity contribution is 0.0783. The van der Waals surface area contributed by atoms with E-state index in [1.807, 2.05) is 43.5 Å². The van der Waals surface area contributed by atoms with Crippen molar-refractivity contribution in [1.29, 1.82) is 0 Å². The van der Waals surface area contributed by atoms with E-state index in [9.17, 15) is 4.79 Å². The molecule has 0 saturated heterocycles. The fourth-order valence-electron chi connectivity index (χ4n) is 1.79. The molecule has 1 aromatic carbocycles. The van der Waals surface area contributed by atoms with E-state index in [4.69, 9.17) is 0 Å². The Bertz CT molecular complexity index is 562. The number of benzene rings is 1. The molecule has 0 spiro atoms. The molecule has 0 unspecified atom stereocenters. The smallest absolute Gasteiger partial charge is 0.253 e. The molecule has 2 aromatic rings. The van der Waals surface area contributed by atoms with Gasteiger partial charge < -0.3 is 4.90 Å². The molecule has 0 aliphatic carbocycles. The molecule has 0 bridgehead atoms. The summed E-state index contributed by atoms with van der Waals surface area (Å²) in [6, 6.07) is 7.65. The first-order valence-electron chi connectivity index (χ1n) is 5.79. The van der Waals surface area contributed by atoms with E-state index in [1.54, 1.807) is 23.3 Å². The fourth-order valence-corrected chi connectivity index (χ4v) is 2.40. The Morgan fingerprint density at radius 2 is 2.17 bits per heavy atom. The summed E-state index contributed by atoms with van der Waals surface area (Å²) >= 11 is 1.61. The van der Waals surface area contributed by atoms with Gasteiger partial charge in [0.25, 0.3) is 5.91 Å². The number of amides is 1. The van der Waals surface area contributed by atoms with Crippen molar-refractivity contribution in [3.63, 3.8) is 0 Å². The van der Waals surface area contributed by atoms with Gasteiger partial charge in [0.2, 0.25) is 0 Å². The highest BCUT2D eigenvalue weighted by Crippen LogP contribution is 2.12. The Kier molecular flexibility index (Phi) is 3.77. The van der Waals surface area contributed by atoms with Crippen LogP contribution in [0.3, 0.4) is 0 Å². The van der Waals surface area contributed by atoms with Crippen LogP contribution in [-0.4, -0.2) is 22.8 Å². The normalized spacial score (nSPS) is 10.4. The third kappa shape index (κ3) is 2.96. The molecule has 2 rings (SSSR count). The third-order valence-corrected chi connectivity index (χ3v) is 3.50. The highest BCUT2D eigenvalue weighted by molar-refractivity contribution is 7.09. The zero-order chi connectivity index (χ0) is 13.1. The van der Waals surface area contributed by atoms with Crippen LogP contribution in [0.2, 0.25) is 0 Å². The topological polar surface area (TPSA) is 33.2 Å². The Balaban J connectivity index is 2.09. The number of rotatable bonds is 3. The van der Waals surface area contributed by atoms with Gasteiger partial charge in [-0.15, -0.1) is 11.3 Å². The van der Waals surface area contributed by atoms with Gasteiger partial charge in [0, 0.05) is 18.0 Å². The highest BCUT2D eigenvalue weighted by Gasteiger charge is 2.13. The Labute approximate surface area is 111 Å². The van der Waals surface area contributed by atoms with Crippen LogP contribution in [0.15, 0.2) is 29.6 Å². The summed E-state index contributed by atoms with van der Waals surface area (Å²) in [5, 5.41) is 3.02. The predicted octanol–water partition coefficient (Wildman–Crippen LogP) is 3.03. The van der Waals surface area contributed by atoms with Crippen LogP contribution in [0.25, 0.3) is 0 Å². The van der Waals surface area contributed by atoms with Gasteiger partial charge >= 0.3 is 0 Å². The van der Waals surface area contributed by atoms with E-state index in [0.717, 1.165) is 21.8 Å². The van der Waals surface area contributed by atoms with Crippen molar-refractivity contribution >= 4 is 17.2 Å². The van der Waals surface area contributed by atoms with Gasteiger partial charge in [-0.25, -0.2) is 4.98 Å². The zero-order valence-corrected chi connectivity index (χ0v) is 11.6. The number of aryl methyl sites for hydroxylation is 2. The zero-order valence-electron chi connectivity index (χ0n) is 10.8. The Morgan fingerprint density at radius 3 is 2.78 bits per heavy atom. The summed E-state index contributed by atoms with van der Waals surface area (Å²) in [5.74, 6) is 0.0318. The van der Waals surface area contributed by atoms with Crippen molar-refractivity contribution < 1.29 is 4.79 Å². The molecule has 0 saturated carbocycles. The van der Waals surface area contributed by atoms with Gasteiger partial charge in [-0.2, -0.15) is 0 Å². The number of hydrogen-bond donors (Lipinski definition) is 0. The van der Waals surface area contributed by atoms with E-state index >= 15 is 0 Å². The second-order valence-electron chi connectivity index (χ2n) is 4.39. The minimum absolute atomic E-state index is 0.0318. The Hall–Kier alpha value is -1.68. The number of aromatic nitrogens is 1. The Morgan fingerprint density at radius 1 is 1.39 bits per heavy atom.